The minimum absolute atomic E-state index is 0.0955. The van der Waals surface area contributed by atoms with Crippen LogP contribution in [0.15, 0.2) is 59.5 Å². The second-order valence-electron chi connectivity index (χ2n) is 6.88. The van der Waals surface area contributed by atoms with E-state index in [1.165, 1.54) is 0 Å². The molecule has 2 aromatic carbocycles. The Labute approximate surface area is 175 Å². The number of carbonyl (C=O) groups excluding carboxylic acids is 2. The van der Waals surface area contributed by atoms with Crippen molar-refractivity contribution in [1.82, 2.24) is 5.32 Å². The summed E-state index contributed by atoms with van der Waals surface area (Å²) in [4.78, 5) is 24.1. The van der Waals surface area contributed by atoms with Gasteiger partial charge in [0, 0.05) is 17.1 Å². The van der Waals surface area contributed by atoms with E-state index in [4.69, 9.17) is 0 Å². The van der Waals surface area contributed by atoms with E-state index in [2.05, 4.69) is 11.1 Å². The van der Waals surface area contributed by atoms with Crippen LogP contribution in [0.2, 0.25) is 0 Å². The Balaban J connectivity index is 0.000000352. The number of rotatable bonds is 7. The van der Waals surface area contributed by atoms with Crippen LogP contribution in [0.4, 0.5) is 0 Å². The fourth-order valence-electron chi connectivity index (χ4n) is 2.60. The number of carboxylic acid groups (broad SMARTS) is 1. The maximum atomic E-state index is 12.0. The average Bonchev–Trinajstić information content (AvgIpc) is 2.71. The summed E-state index contributed by atoms with van der Waals surface area (Å²) in [6.45, 7) is 5.84. The summed E-state index contributed by atoms with van der Waals surface area (Å²) >= 11 is 0. The molecule has 0 heterocycles. The highest BCUT2D eigenvalue weighted by Gasteiger charge is 2.26. The molecule has 0 saturated heterocycles. The zero-order chi connectivity index (χ0) is 22.0. The Bertz CT molecular complexity index is 827. The Morgan fingerprint density at radius 3 is 2.10 bits per heavy atom. The number of carboxylic acids is 1. The van der Waals surface area contributed by atoms with E-state index in [1.807, 2.05) is 45.0 Å². The zero-order valence-electron chi connectivity index (χ0n) is 17.4. The van der Waals surface area contributed by atoms with Crippen LogP contribution >= 0.6 is 0 Å². The molecule has 1 amide bonds. The van der Waals surface area contributed by atoms with Gasteiger partial charge in [0.25, 0.3) is 5.91 Å². The standard InChI is InChI=1S/C14H20N2O3.C8H10OS/c1-3-9(2)11(15)13(17)16-12(14(18)19)10-7-5-4-6-8-10;1-7-5-3-4-6-8(7)10(2)9/h4-9,11-12H,3,15H2,1-2H3,(H,16,17)(H,18,19);3-6H,1-2H3/t9-,11-,12-;10-/m00/s1. The number of amides is 1. The van der Waals surface area contributed by atoms with E-state index >= 15 is 0 Å². The predicted molar refractivity (Wildman–Crippen MR) is 112 cm³/mol. The third kappa shape index (κ3) is 7.79. The summed E-state index contributed by atoms with van der Waals surface area (Å²) in [5, 5.41) is 13.6. The van der Waals surface area contributed by atoms with Gasteiger partial charge in [-0.2, -0.15) is 0 Å². The highest BCUT2D eigenvalue weighted by Crippen LogP contribution is 2.13. The van der Waals surface area contributed by atoms with Crippen LogP contribution in [0.25, 0.3) is 0 Å². The maximum Gasteiger partial charge on any atom is 0.279 e. The molecule has 6 nitrogen and oxygen atoms in total. The van der Waals surface area contributed by atoms with Gasteiger partial charge in [0.05, 0.1) is 22.8 Å². The van der Waals surface area contributed by atoms with Crippen LogP contribution in [0.3, 0.4) is 0 Å². The molecule has 2 rings (SSSR count). The lowest BCUT2D eigenvalue weighted by atomic mass is 9.98. The maximum absolute atomic E-state index is 12.0. The summed E-state index contributed by atoms with van der Waals surface area (Å²) in [7, 11) is -0.841. The highest BCUT2D eigenvalue weighted by atomic mass is 32.2. The van der Waals surface area contributed by atoms with Gasteiger partial charge >= 0.3 is 0 Å². The topological polar surface area (TPSA) is 114 Å². The van der Waals surface area contributed by atoms with E-state index in [9.17, 15) is 18.9 Å². The summed E-state index contributed by atoms with van der Waals surface area (Å²) < 4.78 is 11.0. The van der Waals surface area contributed by atoms with Crippen molar-refractivity contribution in [1.29, 1.82) is 0 Å². The average molecular weight is 419 g/mol. The Kier molecular flexibility index (Phi) is 10.3. The molecule has 0 fully saturated rings. The fourth-order valence-corrected chi connectivity index (χ4v) is 3.39. The molecule has 0 aliphatic rings. The number of quaternary nitrogens is 1. The highest BCUT2D eigenvalue weighted by molar-refractivity contribution is 7.84. The van der Waals surface area contributed by atoms with Gasteiger partial charge in [-0.3, -0.25) is 9.00 Å². The van der Waals surface area contributed by atoms with Crippen molar-refractivity contribution in [2.45, 2.75) is 44.2 Å². The van der Waals surface area contributed by atoms with Crippen molar-refractivity contribution in [3.8, 4) is 0 Å². The van der Waals surface area contributed by atoms with Gasteiger partial charge in [0.1, 0.15) is 0 Å². The first-order chi connectivity index (χ1) is 13.7. The number of hydrogen-bond acceptors (Lipinski definition) is 4. The molecule has 2 aromatic rings. The second-order valence-corrected chi connectivity index (χ2v) is 8.23. The fraction of sp³-hybridized carbons (Fsp3) is 0.364. The molecule has 0 unspecified atom stereocenters. The molecule has 4 atom stereocenters. The number of aryl methyl sites for hydroxylation is 1. The number of hydrogen-bond donors (Lipinski definition) is 2. The summed E-state index contributed by atoms with van der Waals surface area (Å²) in [5.74, 6) is -1.60. The van der Waals surface area contributed by atoms with E-state index in [0.717, 1.165) is 16.9 Å². The molecule has 158 valence electrons. The third-order valence-electron chi connectivity index (χ3n) is 4.73. The molecule has 0 spiro atoms. The summed E-state index contributed by atoms with van der Waals surface area (Å²) in [5.41, 5.74) is 5.38. The van der Waals surface area contributed by atoms with Crippen LogP contribution in [0.1, 0.15) is 37.4 Å². The second kappa shape index (κ2) is 12.1. The SMILES string of the molecule is CC[C@H](C)[C@H]([NH3+])C(=O)N[C@H](C(=O)[O-])c1ccccc1.Cc1ccccc1[S@](C)=O. The lowest BCUT2D eigenvalue weighted by Gasteiger charge is -2.22. The number of nitrogens with one attached hydrogen (secondary N) is 1. The monoisotopic (exact) mass is 418 g/mol. The van der Waals surface area contributed by atoms with E-state index in [1.54, 1.807) is 36.6 Å². The van der Waals surface area contributed by atoms with Crippen molar-refractivity contribution >= 4 is 22.7 Å². The number of benzene rings is 2. The van der Waals surface area contributed by atoms with Crippen molar-refractivity contribution < 1.29 is 24.6 Å². The van der Waals surface area contributed by atoms with Crippen LogP contribution < -0.4 is 16.2 Å². The van der Waals surface area contributed by atoms with E-state index < -0.39 is 28.9 Å². The summed E-state index contributed by atoms with van der Waals surface area (Å²) in [6.07, 6.45) is 2.51. The lowest BCUT2D eigenvalue weighted by Crippen LogP contribution is -2.70. The molecular weight excluding hydrogens is 388 g/mol. The minimum atomic E-state index is -1.32. The van der Waals surface area contributed by atoms with Gasteiger partial charge in [-0.1, -0.05) is 62.4 Å². The van der Waals surface area contributed by atoms with Crippen LogP contribution in [0, 0.1) is 12.8 Å². The molecule has 4 N–H and O–H groups in total. The largest absolute Gasteiger partial charge is 0.548 e. The Hall–Kier alpha value is -2.51. The Morgan fingerprint density at radius 1 is 1.10 bits per heavy atom. The van der Waals surface area contributed by atoms with Gasteiger partial charge in [-0.25, -0.2) is 0 Å². The van der Waals surface area contributed by atoms with Crippen molar-refractivity contribution in [3.05, 3.63) is 65.7 Å². The first-order valence-electron chi connectivity index (χ1n) is 9.47. The van der Waals surface area contributed by atoms with E-state index in [-0.39, 0.29) is 11.8 Å². The molecule has 0 aliphatic heterocycles. The van der Waals surface area contributed by atoms with Crippen molar-refractivity contribution in [2.75, 3.05) is 6.26 Å². The smallest absolute Gasteiger partial charge is 0.279 e. The van der Waals surface area contributed by atoms with Crippen LogP contribution in [0.5, 0.6) is 0 Å². The van der Waals surface area contributed by atoms with Gasteiger partial charge in [0.2, 0.25) is 0 Å². The van der Waals surface area contributed by atoms with Gasteiger partial charge in [-0.05, 0) is 30.5 Å². The van der Waals surface area contributed by atoms with Gasteiger partial charge in [-0.15, -0.1) is 0 Å². The number of carbonyl (C=O) groups is 2. The molecule has 0 saturated carbocycles. The molecular formula is C22H30N2O4S. The summed E-state index contributed by atoms with van der Waals surface area (Å²) in [6, 6.07) is 14.6. The molecule has 0 aliphatic carbocycles. The minimum Gasteiger partial charge on any atom is -0.548 e. The third-order valence-corrected chi connectivity index (χ3v) is 5.80. The zero-order valence-corrected chi connectivity index (χ0v) is 18.2. The molecule has 0 bridgehead atoms. The molecule has 0 aromatic heterocycles. The first-order valence-corrected chi connectivity index (χ1v) is 11.0. The lowest BCUT2D eigenvalue weighted by molar-refractivity contribution is -0.415. The molecule has 7 heteroatoms. The van der Waals surface area contributed by atoms with Gasteiger partial charge < -0.3 is 21.0 Å². The quantitative estimate of drug-likeness (QED) is 0.698. The normalized spacial score (nSPS) is 14.5. The van der Waals surface area contributed by atoms with Crippen molar-refractivity contribution in [2.24, 2.45) is 5.92 Å². The van der Waals surface area contributed by atoms with E-state index in [0.29, 0.717) is 5.56 Å². The number of aliphatic carboxylic acids is 1. The first kappa shape index (κ1) is 24.5. The molecule has 0 radical (unpaired) electrons. The molecule has 29 heavy (non-hydrogen) atoms. The van der Waals surface area contributed by atoms with Crippen LogP contribution in [-0.4, -0.2) is 28.4 Å². The predicted octanol–water partition coefficient (Wildman–Crippen LogP) is 0.983. The van der Waals surface area contributed by atoms with Crippen LogP contribution in [-0.2, 0) is 20.4 Å². The van der Waals surface area contributed by atoms with Gasteiger partial charge in [0.15, 0.2) is 6.04 Å². The van der Waals surface area contributed by atoms with Crippen molar-refractivity contribution in [3.63, 3.8) is 0 Å². The Morgan fingerprint density at radius 2 is 1.66 bits per heavy atom.